The summed E-state index contributed by atoms with van der Waals surface area (Å²) in [7, 11) is 0. The fraction of sp³-hybridized carbons (Fsp3) is 0.538. The van der Waals surface area contributed by atoms with Crippen LogP contribution in [0.3, 0.4) is 0 Å². The Kier molecular flexibility index (Phi) is 2.59. The highest BCUT2D eigenvalue weighted by Crippen LogP contribution is 2.35. The molecule has 0 aromatic rings. The zero-order valence-corrected chi connectivity index (χ0v) is 9.60. The Morgan fingerprint density at radius 3 is 3.18 bits per heavy atom. The van der Waals surface area contributed by atoms with Crippen LogP contribution in [0.5, 0.6) is 0 Å². The third-order valence-corrected chi connectivity index (χ3v) is 3.95. The van der Waals surface area contributed by atoms with E-state index < -0.39 is 12.0 Å². The number of nitrogens with zero attached hydrogens (tertiary/aromatic N) is 1. The smallest absolute Gasteiger partial charge is 0.320 e. The number of rotatable bonds is 1. The number of carbonyl (C=O) groups is 1. The van der Waals surface area contributed by atoms with Crippen LogP contribution in [0.15, 0.2) is 28.4 Å². The van der Waals surface area contributed by atoms with Gasteiger partial charge in [-0.2, -0.15) is 0 Å². The normalized spacial score (nSPS) is 35.4. The number of nitrogens with one attached hydrogen (secondary N) is 1. The maximum atomic E-state index is 11.1. The summed E-state index contributed by atoms with van der Waals surface area (Å²) in [4.78, 5) is 15.3. The molecule has 3 rings (SSSR count). The number of carboxylic acids is 1. The molecule has 2 aliphatic heterocycles. The fourth-order valence-corrected chi connectivity index (χ4v) is 3.04. The van der Waals surface area contributed by atoms with Crippen molar-refractivity contribution in [1.29, 1.82) is 0 Å². The van der Waals surface area contributed by atoms with E-state index in [1.807, 2.05) is 12.4 Å². The summed E-state index contributed by atoms with van der Waals surface area (Å²) < 4.78 is 0. The Balaban J connectivity index is 1.88. The summed E-state index contributed by atoms with van der Waals surface area (Å²) in [6.07, 6.45) is 9.82. The van der Waals surface area contributed by atoms with E-state index in [2.05, 4.69) is 16.4 Å². The Labute approximate surface area is 100 Å². The minimum atomic E-state index is -0.735. The van der Waals surface area contributed by atoms with Crippen molar-refractivity contribution in [2.24, 2.45) is 10.9 Å². The van der Waals surface area contributed by atoms with Gasteiger partial charge in [-0.1, -0.05) is 12.5 Å². The quantitative estimate of drug-likeness (QED) is 0.720. The average molecular weight is 232 g/mol. The van der Waals surface area contributed by atoms with Gasteiger partial charge < -0.3 is 5.11 Å². The first-order chi connectivity index (χ1) is 8.25. The van der Waals surface area contributed by atoms with Gasteiger partial charge in [-0.25, -0.2) is 0 Å². The number of aliphatic carboxylic acids is 1. The minimum Gasteiger partial charge on any atom is -0.480 e. The van der Waals surface area contributed by atoms with Crippen molar-refractivity contribution in [2.45, 2.75) is 37.8 Å². The maximum Gasteiger partial charge on any atom is 0.320 e. The van der Waals surface area contributed by atoms with Gasteiger partial charge in [-0.15, -0.1) is 0 Å². The monoisotopic (exact) mass is 232 g/mol. The van der Waals surface area contributed by atoms with Crippen LogP contribution in [0.1, 0.15) is 25.7 Å². The molecule has 4 nitrogen and oxygen atoms in total. The highest BCUT2D eigenvalue weighted by atomic mass is 16.4. The van der Waals surface area contributed by atoms with Crippen LogP contribution >= 0.6 is 0 Å². The predicted octanol–water partition coefficient (Wildman–Crippen LogP) is 1.50. The van der Waals surface area contributed by atoms with Gasteiger partial charge >= 0.3 is 5.97 Å². The van der Waals surface area contributed by atoms with E-state index >= 15 is 0 Å². The van der Waals surface area contributed by atoms with E-state index in [-0.39, 0.29) is 6.04 Å². The van der Waals surface area contributed by atoms with E-state index in [0.717, 1.165) is 25.7 Å². The van der Waals surface area contributed by atoms with Crippen LogP contribution in [0, 0.1) is 5.92 Å². The van der Waals surface area contributed by atoms with Crippen molar-refractivity contribution >= 4 is 12.2 Å². The van der Waals surface area contributed by atoms with E-state index in [4.69, 9.17) is 5.11 Å². The van der Waals surface area contributed by atoms with Gasteiger partial charge in [0.2, 0.25) is 0 Å². The predicted molar refractivity (Wildman–Crippen MR) is 65.0 cm³/mol. The molecule has 3 atom stereocenters. The van der Waals surface area contributed by atoms with E-state index in [9.17, 15) is 4.79 Å². The molecular formula is C13H16N2O2. The molecule has 2 N–H and O–H groups in total. The number of aliphatic imine (C=N–C) groups is 1. The highest BCUT2D eigenvalue weighted by Gasteiger charge is 2.36. The van der Waals surface area contributed by atoms with E-state index in [1.165, 1.54) is 11.1 Å². The van der Waals surface area contributed by atoms with Gasteiger partial charge in [-0.05, 0) is 36.3 Å². The molecule has 0 radical (unpaired) electrons. The first kappa shape index (κ1) is 10.7. The Morgan fingerprint density at radius 2 is 2.35 bits per heavy atom. The van der Waals surface area contributed by atoms with Crippen molar-refractivity contribution in [2.75, 3.05) is 0 Å². The molecule has 0 aromatic heterocycles. The standard InChI is InChI=1S/C13H16N2O2/c16-13(17)11-3-1-2-8-4-5-9-6-14-7-10(9)12(8)15-11/h5-8,11-12,15H,1-4H2,(H,16,17)/t8?,11-,12?/m0/s1. The van der Waals surface area contributed by atoms with Gasteiger partial charge in [0, 0.05) is 18.5 Å². The molecule has 2 unspecified atom stereocenters. The number of hydrogen-bond donors (Lipinski definition) is 2. The second kappa shape index (κ2) is 4.11. The van der Waals surface area contributed by atoms with E-state index in [0.29, 0.717) is 5.92 Å². The van der Waals surface area contributed by atoms with Crippen LogP contribution in [0.4, 0.5) is 0 Å². The van der Waals surface area contributed by atoms with Crippen molar-refractivity contribution in [3.8, 4) is 0 Å². The summed E-state index contributed by atoms with van der Waals surface area (Å²) in [6.45, 7) is 0. The van der Waals surface area contributed by atoms with Crippen LogP contribution in [0.25, 0.3) is 0 Å². The summed E-state index contributed by atoms with van der Waals surface area (Å²) >= 11 is 0. The first-order valence-electron chi connectivity index (χ1n) is 6.18. The SMILES string of the molecule is O=C(O)[C@@H]1CCCC2CC=C3C=NC=C3C2N1. The molecule has 1 fully saturated rings. The van der Waals surface area contributed by atoms with Crippen molar-refractivity contribution in [3.05, 3.63) is 23.4 Å². The van der Waals surface area contributed by atoms with Crippen molar-refractivity contribution < 1.29 is 9.90 Å². The highest BCUT2D eigenvalue weighted by molar-refractivity contribution is 5.89. The summed E-state index contributed by atoms with van der Waals surface area (Å²) in [5.41, 5.74) is 2.35. The molecule has 0 bridgehead atoms. The molecule has 4 heteroatoms. The summed E-state index contributed by atoms with van der Waals surface area (Å²) in [5.74, 6) is -0.211. The largest absolute Gasteiger partial charge is 0.480 e. The molecule has 1 saturated heterocycles. The molecule has 2 heterocycles. The molecule has 0 saturated carbocycles. The lowest BCUT2D eigenvalue weighted by atomic mass is 9.80. The number of fused-ring (bicyclic) bond motifs is 3. The third kappa shape index (κ3) is 1.82. The van der Waals surface area contributed by atoms with Crippen molar-refractivity contribution in [1.82, 2.24) is 5.32 Å². The molecule has 3 aliphatic rings. The zero-order valence-electron chi connectivity index (χ0n) is 9.60. The first-order valence-corrected chi connectivity index (χ1v) is 6.18. The Morgan fingerprint density at radius 1 is 1.47 bits per heavy atom. The topological polar surface area (TPSA) is 61.7 Å². The lowest BCUT2D eigenvalue weighted by Crippen LogP contribution is -2.46. The molecule has 17 heavy (non-hydrogen) atoms. The second-order valence-electron chi connectivity index (χ2n) is 4.98. The number of hydrogen-bond acceptors (Lipinski definition) is 3. The van der Waals surface area contributed by atoms with Gasteiger partial charge in [0.05, 0.1) is 0 Å². The van der Waals surface area contributed by atoms with Crippen LogP contribution in [0.2, 0.25) is 0 Å². The van der Waals surface area contributed by atoms with Gasteiger partial charge in [0.15, 0.2) is 0 Å². The maximum absolute atomic E-state index is 11.1. The Bertz CT molecular complexity index is 437. The molecule has 1 aliphatic carbocycles. The molecule has 90 valence electrons. The zero-order chi connectivity index (χ0) is 11.8. The van der Waals surface area contributed by atoms with Crippen LogP contribution in [-0.2, 0) is 4.79 Å². The van der Waals surface area contributed by atoms with Gasteiger partial charge in [0.25, 0.3) is 0 Å². The van der Waals surface area contributed by atoms with Gasteiger partial charge in [-0.3, -0.25) is 15.1 Å². The number of allylic oxidation sites excluding steroid dienone is 1. The minimum absolute atomic E-state index is 0.168. The van der Waals surface area contributed by atoms with Gasteiger partial charge in [0.1, 0.15) is 6.04 Å². The number of carboxylic acid groups (broad SMARTS) is 1. The second-order valence-corrected chi connectivity index (χ2v) is 4.98. The molecule has 0 amide bonds. The summed E-state index contributed by atoms with van der Waals surface area (Å²) in [5, 5.41) is 12.5. The van der Waals surface area contributed by atoms with E-state index in [1.54, 1.807) is 0 Å². The Hall–Kier alpha value is -1.42. The van der Waals surface area contributed by atoms with Crippen molar-refractivity contribution in [3.63, 3.8) is 0 Å². The lowest BCUT2D eigenvalue weighted by Gasteiger charge is -2.31. The lowest BCUT2D eigenvalue weighted by molar-refractivity contribution is -0.139. The average Bonchev–Trinajstić information content (AvgIpc) is 2.67. The van der Waals surface area contributed by atoms with Crippen LogP contribution in [-0.4, -0.2) is 29.4 Å². The molecule has 0 aromatic carbocycles. The fourth-order valence-electron chi connectivity index (χ4n) is 3.04. The third-order valence-electron chi connectivity index (χ3n) is 3.95. The summed E-state index contributed by atoms with van der Waals surface area (Å²) in [6, 6.07) is -0.244. The molecular weight excluding hydrogens is 216 g/mol. The molecule has 0 spiro atoms. The van der Waals surface area contributed by atoms with Crippen LogP contribution < -0.4 is 5.32 Å².